The number of nitrogens with one attached hydrogen (secondary N) is 2. The second kappa shape index (κ2) is 10.3. The van der Waals surface area contributed by atoms with Gasteiger partial charge in [0.15, 0.2) is 5.82 Å². The van der Waals surface area contributed by atoms with E-state index in [1.165, 1.54) is 19.1 Å². The lowest BCUT2D eigenvalue weighted by Crippen LogP contribution is -2.60. The summed E-state index contributed by atoms with van der Waals surface area (Å²) in [6.07, 6.45) is -7.77. The lowest BCUT2D eigenvalue weighted by atomic mass is 9.72. The molecule has 1 aromatic carbocycles. The van der Waals surface area contributed by atoms with Crippen LogP contribution in [0.4, 0.5) is 30.7 Å². The van der Waals surface area contributed by atoms with Crippen LogP contribution >= 0.6 is 0 Å². The van der Waals surface area contributed by atoms with Gasteiger partial charge in [-0.15, -0.1) is 10.2 Å². The number of hydrogen-bond donors (Lipinski definition) is 2. The largest absolute Gasteiger partial charge is 0.451 e. The van der Waals surface area contributed by atoms with Crippen LogP contribution in [-0.4, -0.2) is 50.2 Å². The van der Waals surface area contributed by atoms with Crippen LogP contribution in [-0.2, 0) is 17.4 Å². The van der Waals surface area contributed by atoms with Gasteiger partial charge in [-0.3, -0.25) is 15.0 Å². The van der Waals surface area contributed by atoms with Gasteiger partial charge in [-0.05, 0) is 49.8 Å². The maximum absolute atomic E-state index is 15.0. The molecule has 8 nitrogen and oxygen atoms in total. The number of alkyl halides is 6. The minimum absolute atomic E-state index is 0.0278. The van der Waals surface area contributed by atoms with Crippen molar-refractivity contribution in [2.45, 2.75) is 75.9 Å². The van der Waals surface area contributed by atoms with Crippen LogP contribution in [0.1, 0.15) is 78.7 Å². The standard InChI is InChI=1S/C25H27F7N6O2/c1-12-11-37(19(10-24(27,28)29)20-34-36-23(38(12)20)25(30,31)32)22(40)16-8-13(6-7-17(16)26)9-18-14-4-2-3-5-15(14)21(39)35-33-18/h6-8,12,14-15,18-19,33H,2-5,9-11H2,1H3,(H,35,39). The summed E-state index contributed by atoms with van der Waals surface area (Å²) in [4.78, 5) is 26.5. The Kier molecular flexibility index (Phi) is 7.29. The molecule has 1 aromatic heterocycles. The predicted octanol–water partition coefficient (Wildman–Crippen LogP) is 4.50. The molecule has 40 heavy (non-hydrogen) atoms. The number of amides is 2. The third kappa shape index (κ3) is 5.39. The van der Waals surface area contributed by atoms with E-state index in [4.69, 9.17) is 0 Å². The molecule has 3 aliphatic rings. The maximum atomic E-state index is 15.0. The number of carbonyl (C=O) groups excluding carboxylic acids is 2. The van der Waals surface area contributed by atoms with Crippen molar-refractivity contribution >= 4 is 11.8 Å². The molecule has 218 valence electrons. The fourth-order valence-corrected chi connectivity index (χ4v) is 6.24. The Balaban J connectivity index is 1.45. The maximum Gasteiger partial charge on any atom is 0.451 e. The highest BCUT2D eigenvalue weighted by molar-refractivity contribution is 5.95. The minimum Gasteiger partial charge on any atom is -0.326 e. The number of hydrazine groups is 1. The van der Waals surface area contributed by atoms with Crippen molar-refractivity contribution in [3.8, 4) is 0 Å². The summed E-state index contributed by atoms with van der Waals surface area (Å²) in [5.41, 5.74) is 5.67. The first-order valence-corrected chi connectivity index (χ1v) is 13.0. The van der Waals surface area contributed by atoms with E-state index in [0.717, 1.165) is 36.6 Å². The van der Waals surface area contributed by atoms with E-state index < -0.39 is 66.3 Å². The summed E-state index contributed by atoms with van der Waals surface area (Å²) in [5, 5.41) is 6.46. The van der Waals surface area contributed by atoms with Crippen LogP contribution in [0.15, 0.2) is 18.2 Å². The van der Waals surface area contributed by atoms with Crippen LogP contribution in [0.3, 0.4) is 0 Å². The Labute approximate surface area is 224 Å². The number of aromatic nitrogens is 3. The number of fused-ring (bicyclic) bond motifs is 2. The first kappa shape index (κ1) is 28.3. The van der Waals surface area contributed by atoms with Gasteiger partial charge in [-0.25, -0.2) is 9.82 Å². The Morgan fingerprint density at radius 1 is 1.10 bits per heavy atom. The van der Waals surface area contributed by atoms with E-state index in [9.17, 15) is 40.3 Å². The summed E-state index contributed by atoms with van der Waals surface area (Å²) in [6, 6.07) is 0.486. The van der Waals surface area contributed by atoms with E-state index in [2.05, 4.69) is 21.0 Å². The fourth-order valence-electron chi connectivity index (χ4n) is 6.24. The van der Waals surface area contributed by atoms with Crippen molar-refractivity contribution in [1.82, 2.24) is 30.5 Å². The second-order valence-corrected chi connectivity index (χ2v) is 10.7. The van der Waals surface area contributed by atoms with Gasteiger partial charge >= 0.3 is 12.4 Å². The Morgan fingerprint density at radius 3 is 2.52 bits per heavy atom. The topological polar surface area (TPSA) is 92.2 Å². The van der Waals surface area contributed by atoms with Gasteiger partial charge in [-0.2, -0.15) is 26.3 Å². The van der Waals surface area contributed by atoms with Crippen LogP contribution in [0.25, 0.3) is 0 Å². The van der Waals surface area contributed by atoms with Gasteiger partial charge in [-0.1, -0.05) is 18.9 Å². The van der Waals surface area contributed by atoms with Gasteiger partial charge in [0, 0.05) is 18.5 Å². The lowest BCUT2D eigenvalue weighted by Gasteiger charge is -2.41. The molecular formula is C25H27F7N6O2. The van der Waals surface area contributed by atoms with Crippen molar-refractivity contribution in [2.24, 2.45) is 11.8 Å². The predicted molar refractivity (Wildman–Crippen MR) is 125 cm³/mol. The highest BCUT2D eigenvalue weighted by Crippen LogP contribution is 2.42. The molecule has 0 radical (unpaired) electrons. The summed E-state index contributed by atoms with van der Waals surface area (Å²) in [6.45, 7) is 0.750. The SMILES string of the molecule is CC1CN(C(=O)c2cc(CC3NNC(=O)C4CCCCC34)ccc2F)C(CC(F)(F)F)c2nnc(C(F)(F)F)n21. The molecule has 15 heteroatoms. The zero-order valence-electron chi connectivity index (χ0n) is 21.3. The minimum atomic E-state index is -4.97. The van der Waals surface area contributed by atoms with Crippen molar-refractivity contribution in [1.29, 1.82) is 0 Å². The van der Waals surface area contributed by atoms with E-state index in [-0.39, 0.29) is 23.8 Å². The zero-order chi connectivity index (χ0) is 29.0. The average Bonchev–Trinajstić information content (AvgIpc) is 3.34. The summed E-state index contributed by atoms with van der Waals surface area (Å²) in [7, 11) is 0. The molecule has 1 saturated heterocycles. The van der Waals surface area contributed by atoms with Crippen LogP contribution in [0, 0.1) is 17.7 Å². The smallest absolute Gasteiger partial charge is 0.326 e. The molecule has 2 fully saturated rings. The van der Waals surface area contributed by atoms with Gasteiger partial charge in [0.1, 0.15) is 11.9 Å². The third-order valence-electron chi connectivity index (χ3n) is 8.01. The molecule has 0 bridgehead atoms. The number of hydrogen-bond acceptors (Lipinski definition) is 5. The van der Waals surface area contributed by atoms with Crippen LogP contribution in [0.5, 0.6) is 0 Å². The quantitative estimate of drug-likeness (QED) is 0.524. The number of nitrogens with zero attached hydrogens (tertiary/aromatic N) is 4. The van der Waals surface area contributed by atoms with E-state index in [1.54, 1.807) is 0 Å². The number of carbonyl (C=O) groups is 2. The molecule has 5 atom stereocenters. The molecule has 2 amide bonds. The first-order chi connectivity index (χ1) is 18.7. The molecule has 3 heterocycles. The molecule has 2 aromatic rings. The van der Waals surface area contributed by atoms with Crippen LogP contribution < -0.4 is 10.9 Å². The monoisotopic (exact) mass is 576 g/mol. The average molecular weight is 577 g/mol. The summed E-state index contributed by atoms with van der Waals surface area (Å²) < 4.78 is 96.6. The molecule has 1 saturated carbocycles. The Hall–Kier alpha value is -3.23. The van der Waals surface area contributed by atoms with E-state index in [1.807, 2.05) is 0 Å². The first-order valence-electron chi connectivity index (χ1n) is 13.0. The number of benzene rings is 1. The highest BCUT2D eigenvalue weighted by atomic mass is 19.4. The third-order valence-corrected chi connectivity index (χ3v) is 8.01. The number of halogens is 7. The number of rotatable bonds is 4. The molecule has 2 N–H and O–H groups in total. The van der Waals surface area contributed by atoms with E-state index in [0.29, 0.717) is 16.6 Å². The fraction of sp³-hybridized carbons (Fsp3) is 0.600. The molecule has 5 unspecified atom stereocenters. The Morgan fingerprint density at radius 2 is 1.82 bits per heavy atom. The van der Waals surface area contributed by atoms with Crippen molar-refractivity contribution in [3.05, 3.63) is 46.8 Å². The highest BCUT2D eigenvalue weighted by Gasteiger charge is 2.48. The molecule has 1 aliphatic carbocycles. The Bertz CT molecular complexity index is 1290. The second-order valence-electron chi connectivity index (χ2n) is 10.7. The molecular weight excluding hydrogens is 549 g/mol. The van der Waals surface area contributed by atoms with Crippen molar-refractivity contribution in [3.63, 3.8) is 0 Å². The summed E-state index contributed by atoms with van der Waals surface area (Å²) >= 11 is 0. The van der Waals surface area contributed by atoms with Crippen molar-refractivity contribution < 1.29 is 40.3 Å². The normalized spacial score (nSPS) is 27.1. The zero-order valence-corrected chi connectivity index (χ0v) is 21.3. The lowest BCUT2D eigenvalue weighted by molar-refractivity contribution is -0.152. The van der Waals surface area contributed by atoms with Gasteiger partial charge in [0.2, 0.25) is 11.7 Å². The molecule has 2 aliphatic heterocycles. The van der Waals surface area contributed by atoms with Gasteiger partial charge < -0.3 is 9.47 Å². The van der Waals surface area contributed by atoms with Crippen LogP contribution in [0.2, 0.25) is 0 Å². The summed E-state index contributed by atoms with van der Waals surface area (Å²) in [5.74, 6) is -4.43. The van der Waals surface area contributed by atoms with Crippen molar-refractivity contribution in [2.75, 3.05) is 6.54 Å². The molecule has 0 spiro atoms. The van der Waals surface area contributed by atoms with Gasteiger partial charge in [0.25, 0.3) is 5.91 Å². The molecule has 5 rings (SSSR count). The van der Waals surface area contributed by atoms with E-state index >= 15 is 0 Å². The van der Waals surface area contributed by atoms with Gasteiger partial charge in [0.05, 0.1) is 18.0 Å².